The predicted octanol–water partition coefficient (Wildman–Crippen LogP) is 3.07. The molecule has 18 heavy (non-hydrogen) atoms. The molecule has 4 heteroatoms. The predicted molar refractivity (Wildman–Crippen MR) is 73.6 cm³/mol. The van der Waals surface area contributed by atoms with Crippen molar-refractivity contribution in [2.45, 2.75) is 36.0 Å². The number of hydrogen-bond acceptors (Lipinski definition) is 3. The van der Waals surface area contributed by atoms with Crippen molar-refractivity contribution in [3.63, 3.8) is 0 Å². The smallest absolute Gasteiger partial charge is 0.136 e. The number of hydrogen-bond donors (Lipinski definition) is 1. The fraction of sp³-hybridized carbons (Fsp3) is 0.571. The fourth-order valence-electron chi connectivity index (χ4n) is 2.05. The van der Waals surface area contributed by atoms with Crippen LogP contribution in [0, 0.1) is 5.82 Å². The lowest BCUT2D eigenvalue weighted by atomic mass is 10.2. The van der Waals surface area contributed by atoms with Crippen LogP contribution in [0.2, 0.25) is 0 Å². The average molecular weight is 269 g/mol. The largest absolute Gasteiger partial charge is 0.377 e. The summed E-state index contributed by atoms with van der Waals surface area (Å²) in [7, 11) is 0. The Morgan fingerprint density at radius 2 is 2.33 bits per heavy atom. The van der Waals surface area contributed by atoms with Gasteiger partial charge in [-0.15, -0.1) is 11.8 Å². The van der Waals surface area contributed by atoms with E-state index in [0.717, 1.165) is 31.0 Å². The molecule has 1 heterocycles. The summed E-state index contributed by atoms with van der Waals surface area (Å²) in [5, 5.41) is 3.75. The molecule has 0 aliphatic carbocycles. The van der Waals surface area contributed by atoms with E-state index in [1.807, 2.05) is 12.1 Å². The van der Waals surface area contributed by atoms with Crippen LogP contribution in [-0.4, -0.2) is 31.1 Å². The van der Waals surface area contributed by atoms with Crippen molar-refractivity contribution in [3.8, 4) is 0 Å². The molecule has 100 valence electrons. The molecule has 1 aliphatic rings. The highest BCUT2D eigenvalue weighted by Crippen LogP contribution is 2.25. The summed E-state index contributed by atoms with van der Waals surface area (Å²) < 4.78 is 19.0. The minimum Gasteiger partial charge on any atom is -0.377 e. The number of benzene rings is 1. The highest BCUT2D eigenvalue weighted by atomic mass is 32.2. The molecule has 1 saturated heterocycles. The van der Waals surface area contributed by atoms with Crippen molar-refractivity contribution in [2.75, 3.05) is 19.7 Å². The second kappa shape index (κ2) is 7.12. The van der Waals surface area contributed by atoms with E-state index in [4.69, 9.17) is 4.74 Å². The van der Waals surface area contributed by atoms with Gasteiger partial charge >= 0.3 is 0 Å². The van der Waals surface area contributed by atoms with Crippen LogP contribution in [0.3, 0.4) is 0 Å². The van der Waals surface area contributed by atoms with Crippen LogP contribution in [0.5, 0.6) is 0 Å². The van der Waals surface area contributed by atoms with E-state index in [0.29, 0.717) is 11.4 Å². The summed E-state index contributed by atoms with van der Waals surface area (Å²) in [4.78, 5) is 0.726. The lowest BCUT2D eigenvalue weighted by Crippen LogP contribution is -2.30. The Morgan fingerprint density at radius 1 is 1.50 bits per heavy atom. The second-order valence-corrected chi connectivity index (χ2v) is 6.13. The lowest BCUT2D eigenvalue weighted by Gasteiger charge is -2.15. The zero-order valence-electron chi connectivity index (χ0n) is 10.7. The van der Waals surface area contributed by atoms with Gasteiger partial charge in [0.25, 0.3) is 0 Å². The summed E-state index contributed by atoms with van der Waals surface area (Å²) in [6, 6.07) is 6.93. The molecular weight excluding hydrogens is 249 g/mol. The first-order valence-electron chi connectivity index (χ1n) is 6.49. The van der Waals surface area contributed by atoms with Gasteiger partial charge in [-0.05, 0) is 25.0 Å². The molecule has 2 rings (SSSR count). The van der Waals surface area contributed by atoms with Crippen molar-refractivity contribution in [2.24, 2.45) is 0 Å². The van der Waals surface area contributed by atoms with Crippen LogP contribution >= 0.6 is 11.8 Å². The Labute approximate surface area is 112 Å². The molecule has 0 saturated carbocycles. The van der Waals surface area contributed by atoms with Gasteiger partial charge in [-0.25, -0.2) is 4.39 Å². The zero-order chi connectivity index (χ0) is 12.8. The SMILES string of the molecule is CC(CNCC1CCCO1)Sc1ccccc1F. The fourth-order valence-corrected chi connectivity index (χ4v) is 3.02. The minimum absolute atomic E-state index is 0.131. The standard InChI is InChI=1S/C14H20FNOS/c1-11(9-16-10-12-5-4-8-17-12)18-14-7-3-2-6-13(14)15/h2-3,6-7,11-12,16H,4-5,8-10H2,1H3. The molecule has 2 unspecified atom stereocenters. The van der Waals surface area contributed by atoms with Crippen molar-refractivity contribution < 1.29 is 9.13 Å². The number of halogens is 1. The van der Waals surface area contributed by atoms with E-state index in [9.17, 15) is 4.39 Å². The number of thioether (sulfide) groups is 1. The Bertz CT molecular complexity index is 369. The molecule has 0 radical (unpaired) electrons. The first-order valence-corrected chi connectivity index (χ1v) is 7.37. The topological polar surface area (TPSA) is 21.3 Å². The summed E-state index contributed by atoms with van der Waals surface area (Å²) in [6.07, 6.45) is 2.70. The molecule has 1 fully saturated rings. The van der Waals surface area contributed by atoms with Gasteiger partial charge < -0.3 is 10.1 Å². The average Bonchev–Trinajstić information content (AvgIpc) is 2.85. The van der Waals surface area contributed by atoms with Crippen molar-refractivity contribution in [1.82, 2.24) is 5.32 Å². The third kappa shape index (κ3) is 4.26. The molecule has 2 nitrogen and oxygen atoms in total. The van der Waals surface area contributed by atoms with Crippen molar-refractivity contribution in [1.29, 1.82) is 0 Å². The second-order valence-electron chi connectivity index (χ2n) is 4.65. The van der Waals surface area contributed by atoms with Gasteiger partial charge in [-0.2, -0.15) is 0 Å². The van der Waals surface area contributed by atoms with Crippen LogP contribution in [-0.2, 0) is 4.74 Å². The van der Waals surface area contributed by atoms with Gasteiger partial charge in [0, 0.05) is 29.8 Å². The molecule has 0 aromatic heterocycles. The maximum atomic E-state index is 13.5. The Balaban J connectivity index is 1.68. The molecule has 1 aromatic carbocycles. The summed E-state index contributed by atoms with van der Waals surface area (Å²) in [5.74, 6) is -0.131. The number of nitrogens with one attached hydrogen (secondary N) is 1. The van der Waals surface area contributed by atoms with Crippen LogP contribution in [0.25, 0.3) is 0 Å². The molecule has 1 aromatic rings. The van der Waals surface area contributed by atoms with E-state index in [2.05, 4.69) is 12.2 Å². The van der Waals surface area contributed by atoms with E-state index in [-0.39, 0.29) is 5.82 Å². The highest BCUT2D eigenvalue weighted by molar-refractivity contribution is 8.00. The number of rotatable bonds is 6. The summed E-state index contributed by atoms with van der Waals surface area (Å²) >= 11 is 1.57. The first-order chi connectivity index (χ1) is 8.75. The van der Waals surface area contributed by atoms with Gasteiger partial charge in [-0.1, -0.05) is 19.1 Å². The van der Waals surface area contributed by atoms with Gasteiger partial charge in [0.1, 0.15) is 5.82 Å². The maximum absolute atomic E-state index is 13.5. The minimum atomic E-state index is -0.131. The molecule has 2 atom stereocenters. The molecule has 0 spiro atoms. The summed E-state index contributed by atoms with van der Waals surface area (Å²) in [6.45, 7) is 4.78. The monoisotopic (exact) mass is 269 g/mol. The third-order valence-corrected chi connectivity index (χ3v) is 4.15. The van der Waals surface area contributed by atoms with Gasteiger partial charge in [0.05, 0.1) is 6.10 Å². The lowest BCUT2D eigenvalue weighted by molar-refractivity contribution is 0.110. The molecule has 1 aliphatic heterocycles. The number of ether oxygens (including phenoxy) is 1. The van der Waals surface area contributed by atoms with Crippen LogP contribution in [0.4, 0.5) is 4.39 Å². The quantitative estimate of drug-likeness (QED) is 0.802. The Morgan fingerprint density at radius 3 is 3.06 bits per heavy atom. The van der Waals surface area contributed by atoms with Crippen LogP contribution in [0.1, 0.15) is 19.8 Å². The molecule has 0 bridgehead atoms. The van der Waals surface area contributed by atoms with Gasteiger partial charge in [0.15, 0.2) is 0 Å². The Kier molecular flexibility index (Phi) is 5.47. The van der Waals surface area contributed by atoms with Crippen LogP contribution in [0.15, 0.2) is 29.2 Å². The normalized spacial score (nSPS) is 21.1. The van der Waals surface area contributed by atoms with Gasteiger partial charge in [0.2, 0.25) is 0 Å². The molecular formula is C14H20FNOS. The van der Waals surface area contributed by atoms with Crippen LogP contribution < -0.4 is 5.32 Å². The summed E-state index contributed by atoms with van der Waals surface area (Å²) in [5.41, 5.74) is 0. The van der Waals surface area contributed by atoms with E-state index in [1.54, 1.807) is 17.8 Å². The molecule has 0 amide bonds. The van der Waals surface area contributed by atoms with Gasteiger partial charge in [-0.3, -0.25) is 0 Å². The zero-order valence-corrected chi connectivity index (χ0v) is 11.5. The maximum Gasteiger partial charge on any atom is 0.136 e. The van der Waals surface area contributed by atoms with E-state index >= 15 is 0 Å². The van der Waals surface area contributed by atoms with Crippen molar-refractivity contribution in [3.05, 3.63) is 30.1 Å². The van der Waals surface area contributed by atoms with Crippen molar-refractivity contribution >= 4 is 11.8 Å². The van der Waals surface area contributed by atoms with E-state index in [1.165, 1.54) is 12.5 Å². The molecule has 1 N–H and O–H groups in total. The highest BCUT2D eigenvalue weighted by Gasteiger charge is 2.15. The van der Waals surface area contributed by atoms with E-state index < -0.39 is 0 Å². The third-order valence-electron chi connectivity index (χ3n) is 2.99. The Hall–Kier alpha value is -0.580. The first kappa shape index (κ1) is 13.8.